The van der Waals surface area contributed by atoms with E-state index in [0.29, 0.717) is 11.3 Å². The van der Waals surface area contributed by atoms with E-state index in [-0.39, 0.29) is 5.56 Å². The number of hydrogen-bond donors (Lipinski definition) is 0. The van der Waals surface area contributed by atoms with Crippen LogP contribution in [0, 0.1) is 0 Å². The fourth-order valence-electron chi connectivity index (χ4n) is 8.23. The molecule has 0 spiro atoms. The molecule has 5 nitrogen and oxygen atoms in total. The molecule has 11 rings (SSSR count). The van der Waals surface area contributed by atoms with Gasteiger partial charge < -0.3 is 4.57 Å². The Hall–Kier alpha value is -6.98. The van der Waals surface area contributed by atoms with Gasteiger partial charge >= 0.3 is 0 Å². The van der Waals surface area contributed by atoms with Gasteiger partial charge in [0.1, 0.15) is 0 Å². The van der Waals surface area contributed by atoms with Gasteiger partial charge in [-0.2, -0.15) is 4.98 Å². The molecule has 0 aliphatic rings. The summed E-state index contributed by atoms with van der Waals surface area (Å²) in [5, 5.41) is 9.49. The van der Waals surface area contributed by atoms with Crippen LogP contribution in [0.4, 0.5) is 0 Å². The highest BCUT2D eigenvalue weighted by molar-refractivity contribution is 6.25. The average Bonchev–Trinajstić information content (AvgIpc) is 3.69. The molecule has 238 valence electrons. The summed E-state index contributed by atoms with van der Waals surface area (Å²) in [6.45, 7) is 0. The zero-order valence-corrected chi connectivity index (χ0v) is 27.4. The second-order valence-corrected chi connectivity index (χ2v) is 13.2. The number of imidazole rings is 1. The first kappa shape index (κ1) is 27.9. The molecular formula is C46H28N4O. The van der Waals surface area contributed by atoms with Crippen LogP contribution >= 0.6 is 0 Å². The van der Waals surface area contributed by atoms with Crippen molar-refractivity contribution in [2.75, 3.05) is 0 Å². The smallest absolute Gasteiger partial charge is 0.282 e. The van der Waals surface area contributed by atoms with Gasteiger partial charge in [-0.25, -0.2) is 0 Å². The van der Waals surface area contributed by atoms with Crippen molar-refractivity contribution >= 4 is 70.9 Å². The minimum Gasteiger partial charge on any atom is -0.309 e. The van der Waals surface area contributed by atoms with Crippen molar-refractivity contribution in [3.8, 4) is 22.5 Å². The number of rotatable bonds is 3. The lowest BCUT2D eigenvalue weighted by Gasteiger charge is -2.13. The van der Waals surface area contributed by atoms with E-state index in [2.05, 4.69) is 153 Å². The van der Waals surface area contributed by atoms with Crippen LogP contribution in [0.3, 0.4) is 0 Å². The Morgan fingerprint density at radius 3 is 1.69 bits per heavy atom. The quantitative estimate of drug-likeness (QED) is 0.178. The molecule has 0 unspecified atom stereocenters. The summed E-state index contributed by atoms with van der Waals surface area (Å²) in [6, 6.07) is 57.2. The lowest BCUT2D eigenvalue weighted by Crippen LogP contribution is -2.13. The summed E-state index contributed by atoms with van der Waals surface area (Å²) >= 11 is 0. The molecule has 0 amide bonds. The third-order valence-corrected chi connectivity index (χ3v) is 10.5. The maximum Gasteiger partial charge on any atom is 0.282 e. The Labute approximate surface area is 291 Å². The Morgan fingerprint density at radius 1 is 0.392 bits per heavy atom. The molecule has 0 N–H and O–H groups in total. The first-order valence-corrected chi connectivity index (χ1v) is 17.2. The van der Waals surface area contributed by atoms with Crippen LogP contribution in [0.5, 0.6) is 0 Å². The predicted molar refractivity (Wildman–Crippen MR) is 211 cm³/mol. The Balaban J connectivity index is 1.15. The van der Waals surface area contributed by atoms with E-state index in [4.69, 9.17) is 4.98 Å². The number of fused-ring (bicyclic) bond motifs is 12. The molecule has 0 bridgehead atoms. The zero-order chi connectivity index (χ0) is 33.6. The van der Waals surface area contributed by atoms with E-state index in [0.717, 1.165) is 49.8 Å². The van der Waals surface area contributed by atoms with E-state index in [9.17, 15) is 4.79 Å². The fourth-order valence-corrected chi connectivity index (χ4v) is 8.23. The van der Waals surface area contributed by atoms with Crippen LogP contribution in [0.2, 0.25) is 0 Å². The predicted octanol–water partition coefficient (Wildman–Crippen LogP) is 10.9. The number of nitrogens with zero attached hydrogens (tertiary/aromatic N) is 4. The molecule has 8 aromatic carbocycles. The van der Waals surface area contributed by atoms with Gasteiger partial charge in [-0.15, -0.1) is 0 Å². The molecule has 0 saturated carbocycles. The third-order valence-electron chi connectivity index (χ3n) is 10.5. The molecule has 0 atom stereocenters. The molecule has 51 heavy (non-hydrogen) atoms. The Morgan fingerprint density at radius 2 is 0.961 bits per heavy atom. The molecule has 3 heterocycles. The maximum absolute atomic E-state index is 14.1. The molecule has 3 aromatic heterocycles. The number of benzene rings is 8. The van der Waals surface area contributed by atoms with Crippen molar-refractivity contribution < 1.29 is 0 Å². The normalized spacial score (nSPS) is 12.0. The minimum atomic E-state index is -0.262. The van der Waals surface area contributed by atoms with Gasteiger partial charge in [-0.1, -0.05) is 109 Å². The summed E-state index contributed by atoms with van der Waals surface area (Å²) in [6.07, 6.45) is 1.96. The van der Waals surface area contributed by atoms with Crippen molar-refractivity contribution in [3.05, 3.63) is 180 Å². The van der Waals surface area contributed by atoms with Crippen LogP contribution in [0.25, 0.3) is 93.4 Å². The van der Waals surface area contributed by atoms with Crippen molar-refractivity contribution in [2.24, 2.45) is 0 Å². The highest BCUT2D eigenvalue weighted by atomic mass is 16.1. The lowest BCUT2D eigenvalue weighted by atomic mass is 9.94. The first-order chi connectivity index (χ1) is 25.2. The zero-order valence-electron chi connectivity index (χ0n) is 27.4. The summed E-state index contributed by atoms with van der Waals surface area (Å²) in [4.78, 5) is 18.9. The van der Waals surface area contributed by atoms with Crippen LogP contribution in [-0.4, -0.2) is 18.5 Å². The highest BCUT2D eigenvalue weighted by Crippen LogP contribution is 2.38. The largest absolute Gasteiger partial charge is 0.309 e. The molecule has 0 saturated heterocycles. The molecule has 0 radical (unpaired) electrons. The van der Waals surface area contributed by atoms with Gasteiger partial charge in [0.15, 0.2) is 0 Å². The summed E-state index contributed by atoms with van der Waals surface area (Å²) in [7, 11) is 0. The van der Waals surface area contributed by atoms with E-state index in [1.54, 1.807) is 0 Å². The number of para-hydroxylation sites is 4. The average molecular weight is 653 g/mol. The summed E-state index contributed by atoms with van der Waals surface area (Å²) in [5.41, 5.74) is 7.37. The van der Waals surface area contributed by atoms with Crippen molar-refractivity contribution in [1.82, 2.24) is 18.5 Å². The number of hydrogen-bond acceptors (Lipinski definition) is 2. The monoisotopic (exact) mass is 652 g/mol. The van der Waals surface area contributed by atoms with E-state index < -0.39 is 0 Å². The van der Waals surface area contributed by atoms with E-state index in [1.165, 1.54) is 32.3 Å². The van der Waals surface area contributed by atoms with Crippen LogP contribution in [0.1, 0.15) is 0 Å². The number of aromatic nitrogens is 4. The SMILES string of the molecule is O=c1nc2n(-c3ccc4c5ccccc5c5ccccc5c4c3)c3ccccc3n2cc1-c1ccc2c(c1)c1ccccc1n2-c1ccccc1. The van der Waals surface area contributed by atoms with E-state index >= 15 is 0 Å². The molecule has 11 aromatic rings. The second kappa shape index (κ2) is 10.5. The van der Waals surface area contributed by atoms with Crippen LogP contribution in [0.15, 0.2) is 175 Å². The fraction of sp³-hybridized carbons (Fsp3) is 0. The first-order valence-electron chi connectivity index (χ1n) is 17.2. The Kier molecular flexibility index (Phi) is 5.75. The van der Waals surface area contributed by atoms with Crippen LogP contribution < -0.4 is 5.56 Å². The highest BCUT2D eigenvalue weighted by Gasteiger charge is 2.19. The van der Waals surface area contributed by atoms with Gasteiger partial charge in [-0.3, -0.25) is 13.8 Å². The summed E-state index contributed by atoms with van der Waals surface area (Å²) in [5.74, 6) is 0.580. The second-order valence-electron chi connectivity index (χ2n) is 13.2. The van der Waals surface area contributed by atoms with Crippen LogP contribution in [-0.2, 0) is 0 Å². The molecular weight excluding hydrogens is 625 g/mol. The molecule has 0 aliphatic heterocycles. The lowest BCUT2D eigenvalue weighted by molar-refractivity contribution is 1.03. The van der Waals surface area contributed by atoms with Gasteiger partial charge in [0, 0.05) is 28.3 Å². The molecule has 0 fully saturated rings. The minimum absolute atomic E-state index is 0.262. The summed E-state index contributed by atoms with van der Waals surface area (Å²) < 4.78 is 6.46. The standard InChI is InChI=1S/C46H28N4O/c51-45-40(29-22-25-42-39(26-29)37-18-8-9-19-41(37)49(42)30-12-2-1-3-13-30)28-48-43-20-10-11-21-44(43)50(46(48)47-45)31-23-24-36-34-16-5-4-14-32(34)33-15-6-7-17-35(33)38(36)27-31/h1-28H. The van der Waals surface area contributed by atoms with Gasteiger partial charge in [0.2, 0.25) is 5.78 Å². The van der Waals surface area contributed by atoms with E-state index in [1.807, 2.05) is 30.5 Å². The van der Waals surface area contributed by atoms with Crippen molar-refractivity contribution in [2.45, 2.75) is 0 Å². The van der Waals surface area contributed by atoms with Gasteiger partial charge in [0.25, 0.3) is 5.56 Å². The van der Waals surface area contributed by atoms with Crippen molar-refractivity contribution in [3.63, 3.8) is 0 Å². The third kappa shape index (κ3) is 3.97. The Bertz CT molecular complexity index is 3240. The topological polar surface area (TPSA) is 44.2 Å². The van der Waals surface area contributed by atoms with Gasteiger partial charge in [-0.05, 0) is 92.5 Å². The maximum atomic E-state index is 14.1. The van der Waals surface area contributed by atoms with Gasteiger partial charge in [0.05, 0.1) is 27.6 Å². The van der Waals surface area contributed by atoms with Crippen molar-refractivity contribution in [1.29, 1.82) is 0 Å². The molecule has 5 heteroatoms. The molecule has 0 aliphatic carbocycles.